The molecule has 3 atom stereocenters. The number of carbonyl (C=O) groups is 2. The van der Waals surface area contributed by atoms with Crippen molar-refractivity contribution in [1.82, 2.24) is 10.2 Å². The molecule has 2 N–H and O–H groups in total. The summed E-state index contributed by atoms with van der Waals surface area (Å²) in [5.41, 5.74) is -0.351. The molecule has 0 unspecified atom stereocenters. The van der Waals surface area contributed by atoms with Gasteiger partial charge in [-0.1, -0.05) is 20.8 Å². The van der Waals surface area contributed by atoms with E-state index in [1.165, 1.54) is 6.92 Å². The summed E-state index contributed by atoms with van der Waals surface area (Å²) in [4.78, 5) is 25.4. The number of nitrogens with one attached hydrogen (secondary N) is 1. The lowest BCUT2D eigenvalue weighted by Gasteiger charge is -2.34. The maximum absolute atomic E-state index is 12.5. The number of aliphatic hydroxyl groups excluding tert-OH is 1. The number of hydrogen-bond donors (Lipinski definition) is 2. The maximum Gasteiger partial charge on any atom is 0.246 e. The average molecular weight is 256 g/mol. The largest absolute Gasteiger partial charge is 0.391 e. The zero-order valence-corrected chi connectivity index (χ0v) is 11.9. The number of likely N-dealkylation sites (tertiary alicyclic amines) is 1. The predicted molar refractivity (Wildman–Crippen MR) is 68.9 cm³/mol. The first-order valence-electron chi connectivity index (χ1n) is 6.38. The summed E-state index contributed by atoms with van der Waals surface area (Å²) < 4.78 is 0. The van der Waals surface area contributed by atoms with Crippen molar-refractivity contribution in [3.63, 3.8) is 0 Å². The van der Waals surface area contributed by atoms with Gasteiger partial charge in [-0.3, -0.25) is 9.59 Å². The fourth-order valence-electron chi connectivity index (χ4n) is 2.33. The molecule has 0 aromatic rings. The fraction of sp³-hybridized carbons (Fsp3) is 0.846. The highest BCUT2D eigenvalue weighted by molar-refractivity contribution is 5.88. The number of β-amino-alcohol motifs (C(OH)–C–C–N with tert-alkyl or cyclic N) is 1. The van der Waals surface area contributed by atoms with Crippen LogP contribution in [-0.4, -0.2) is 46.6 Å². The quantitative estimate of drug-likeness (QED) is 0.756. The molecule has 0 bridgehead atoms. The molecule has 0 aliphatic carbocycles. The molecule has 104 valence electrons. The van der Waals surface area contributed by atoms with E-state index in [0.717, 1.165) is 0 Å². The minimum Gasteiger partial charge on any atom is -0.391 e. The van der Waals surface area contributed by atoms with Gasteiger partial charge in [0.1, 0.15) is 6.04 Å². The van der Waals surface area contributed by atoms with Crippen molar-refractivity contribution < 1.29 is 14.7 Å². The minimum absolute atomic E-state index is 0.0195. The monoisotopic (exact) mass is 256 g/mol. The van der Waals surface area contributed by atoms with E-state index in [2.05, 4.69) is 5.32 Å². The van der Waals surface area contributed by atoms with Gasteiger partial charge in [0.05, 0.1) is 6.10 Å². The molecule has 18 heavy (non-hydrogen) atoms. The second kappa shape index (κ2) is 5.26. The second-order valence-electron chi connectivity index (χ2n) is 6.23. The molecule has 1 rings (SSSR count). The number of amides is 2. The van der Waals surface area contributed by atoms with Gasteiger partial charge in [0.15, 0.2) is 0 Å². The standard InChI is InChI=1S/C13H24N2O3/c1-8-6-10(17)7-15(8)12(18)11(13(3,4)5)14-9(2)16/h8,10-11,17H,6-7H2,1-5H3,(H,14,16)/t8-,10-,11-/m1/s1. The van der Waals surface area contributed by atoms with Gasteiger partial charge in [-0.15, -0.1) is 0 Å². The van der Waals surface area contributed by atoms with Crippen LogP contribution in [0, 0.1) is 5.41 Å². The van der Waals surface area contributed by atoms with E-state index in [-0.39, 0.29) is 23.3 Å². The lowest BCUT2D eigenvalue weighted by atomic mass is 9.85. The molecule has 1 aliphatic heterocycles. The van der Waals surface area contributed by atoms with Gasteiger partial charge < -0.3 is 15.3 Å². The lowest BCUT2D eigenvalue weighted by molar-refractivity contribution is -0.139. The van der Waals surface area contributed by atoms with Crippen molar-refractivity contribution >= 4 is 11.8 Å². The molecule has 1 fully saturated rings. The first-order chi connectivity index (χ1) is 8.12. The van der Waals surface area contributed by atoms with Crippen LogP contribution in [-0.2, 0) is 9.59 Å². The highest BCUT2D eigenvalue weighted by Crippen LogP contribution is 2.25. The molecule has 0 spiro atoms. The summed E-state index contributed by atoms with van der Waals surface area (Å²) in [7, 11) is 0. The highest BCUT2D eigenvalue weighted by Gasteiger charge is 2.39. The van der Waals surface area contributed by atoms with Crippen molar-refractivity contribution in [2.45, 2.75) is 59.2 Å². The van der Waals surface area contributed by atoms with Gasteiger partial charge in [0.25, 0.3) is 0 Å². The predicted octanol–water partition coefficient (Wildman–Crippen LogP) is 0.519. The zero-order chi connectivity index (χ0) is 14.1. The van der Waals surface area contributed by atoms with Crippen molar-refractivity contribution in [2.75, 3.05) is 6.54 Å². The van der Waals surface area contributed by atoms with E-state index in [9.17, 15) is 14.7 Å². The van der Waals surface area contributed by atoms with Gasteiger partial charge in [-0.05, 0) is 18.8 Å². The zero-order valence-electron chi connectivity index (χ0n) is 11.9. The Hall–Kier alpha value is -1.10. The third-order valence-corrected chi connectivity index (χ3v) is 3.30. The molecule has 2 amide bonds. The van der Waals surface area contributed by atoms with Crippen LogP contribution in [0.4, 0.5) is 0 Å². The number of nitrogens with zero attached hydrogens (tertiary/aromatic N) is 1. The van der Waals surface area contributed by atoms with Crippen LogP contribution in [0.3, 0.4) is 0 Å². The fourth-order valence-corrected chi connectivity index (χ4v) is 2.33. The molecule has 0 aromatic heterocycles. The van der Waals surface area contributed by atoms with E-state index in [1.54, 1.807) is 4.90 Å². The summed E-state index contributed by atoms with van der Waals surface area (Å²) in [6.45, 7) is 9.44. The Morgan fingerprint density at radius 3 is 2.28 bits per heavy atom. The Balaban J connectivity index is 2.86. The van der Waals surface area contributed by atoms with Crippen molar-refractivity contribution in [3.8, 4) is 0 Å². The molecular formula is C13H24N2O3. The third kappa shape index (κ3) is 3.45. The van der Waals surface area contributed by atoms with Gasteiger partial charge >= 0.3 is 0 Å². The van der Waals surface area contributed by atoms with Gasteiger partial charge in [-0.25, -0.2) is 0 Å². The molecule has 0 saturated carbocycles. The van der Waals surface area contributed by atoms with Crippen molar-refractivity contribution in [2.24, 2.45) is 5.41 Å². The summed E-state index contributed by atoms with van der Waals surface area (Å²) in [5.74, 6) is -0.322. The van der Waals surface area contributed by atoms with Gasteiger partial charge in [0, 0.05) is 19.5 Å². The van der Waals surface area contributed by atoms with Crippen LogP contribution in [0.1, 0.15) is 41.0 Å². The number of aliphatic hydroxyl groups is 1. The highest BCUT2D eigenvalue weighted by atomic mass is 16.3. The third-order valence-electron chi connectivity index (χ3n) is 3.30. The Bertz CT molecular complexity index is 336. The lowest BCUT2D eigenvalue weighted by Crippen LogP contribution is -2.55. The van der Waals surface area contributed by atoms with Crippen LogP contribution >= 0.6 is 0 Å². The Morgan fingerprint density at radius 1 is 1.39 bits per heavy atom. The summed E-state index contributed by atoms with van der Waals surface area (Å²) >= 11 is 0. The van der Waals surface area contributed by atoms with Crippen LogP contribution in [0.25, 0.3) is 0 Å². The molecule has 1 aliphatic rings. The SMILES string of the molecule is CC(=O)N[C@H](C(=O)N1C[C@H](O)C[C@H]1C)C(C)(C)C. The number of hydrogen-bond acceptors (Lipinski definition) is 3. The minimum atomic E-state index is -0.553. The summed E-state index contributed by atoms with van der Waals surface area (Å²) in [6.07, 6.45) is 0.143. The average Bonchev–Trinajstić information content (AvgIpc) is 2.51. The molecule has 1 heterocycles. The first-order valence-corrected chi connectivity index (χ1v) is 6.38. The molecule has 5 heteroatoms. The van der Waals surface area contributed by atoms with E-state index < -0.39 is 12.1 Å². The van der Waals surface area contributed by atoms with Gasteiger partial charge in [-0.2, -0.15) is 0 Å². The number of carbonyl (C=O) groups excluding carboxylic acids is 2. The van der Waals surface area contributed by atoms with Crippen LogP contribution in [0.2, 0.25) is 0 Å². The molecule has 0 aromatic carbocycles. The Kier molecular flexibility index (Phi) is 4.37. The molecular weight excluding hydrogens is 232 g/mol. The summed E-state index contributed by atoms with van der Waals surface area (Å²) in [5, 5.41) is 12.3. The number of rotatable bonds is 2. The molecule has 1 saturated heterocycles. The van der Waals surface area contributed by atoms with Gasteiger partial charge in [0.2, 0.25) is 11.8 Å². The van der Waals surface area contributed by atoms with Crippen LogP contribution in [0.15, 0.2) is 0 Å². The maximum atomic E-state index is 12.5. The smallest absolute Gasteiger partial charge is 0.246 e. The second-order valence-corrected chi connectivity index (χ2v) is 6.23. The Labute approximate surface area is 109 Å². The van der Waals surface area contributed by atoms with Crippen molar-refractivity contribution in [1.29, 1.82) is 0 Å². The normalized spacial score (nSPS) is 26.0. The topological polar surface area (TPSA) is 69.6 Å². The Morgan fingerprint density at radius 2 is 1.94 bits per heavy atom. The van der Waals surface area contributed by atoms with Crippen LogP contribution in [0.5, 0.6) is 0 Å². The molecule has 5 nitrogen and oxygen atoms in total. The van der Waals surface area contributed by atoms with E-state index in [1.807, 2.05) is 27.7 Å². The molecule has 0 radical (unpaired) electrons. The van der Waals surface area contributed by atoms with E-state index in [0.29, 0.717) is 13.0 Å². The van der Waals surface area contributed by atoms with Crippen LogP contribution < -0.4 is 5.32 Å². The van der Waals surface area contributed by atoms with E-state index >= 15 is 0 Å². The van der Waals surface area contributed by atoms with Crippen molar-refractivity contribution in [3.05, 3.63) is 0 Å². The summed E-state index contributed by atoms with van der Waals surface area (Å²) in [6, 6.07) is -0.533. The first kappa shape index (κ1) is 15.0. The van der Waals surface area contributed by atoms with E-state index in [4.69, 9.17) is 0 Å².